The van der Waals surface area contributed by atoms with Crippen LogP contribution in [0.15, 0.2) is 36.7 Å². The highest BCUT2D eigenvalue weighted by Crippen LogP contribution is 2.21. The number of carbonyl (C=O) groups is 1. The Morgan fingerprint density at radius 2 is 1.91 bits per heavy atom. The summed E-state index contributed by atoms with van der Waals surface area (Å²) in [6, 6.07) is 8.10. The van der Waals surface area contributed by atoms with E-state index in [-0.39, 0.29) is 12.5 Å². The molecule has 0 atom stereocenters. The zero-order chi connectivity index (χ0) is 15.4. The highest BCUT2D eigenvalue weighted by molar-refractivity contribution is 5.90. The van der Waals surface area contributed by atoms with E-state index < -0.39 is 0 Å². The molecule has 5 nitrogen and oxygen atoms in total. The van der Waals surface area contributed by atoms with Crippen LogP contribution in [0.1, 0.15) is 24.8 Å². The summed E-state index contributed by atoms with van der Waals surface area (Å²) in [5.74, 6) is -0.0613. The molecule has 1 aliphatic heterocycles. The zero-order valence-corrected chi connectivity index (χ0v) is 13.0. The van der Waals surface area contributed by atoms with Gasteiger partial charge in [-0.05, 0) is 56.0 Å². The van der Waals surface area contributed by atoms with Crippen LogP contribution in [-0.4, -0.2) is 28.8 Å². The van der Waals surface area contributed by atoms with Crippen molar-refractivity contribution in [1.29, 1.82) is 0 Å². The van der Waals surface area contributed by atoms with Gasteiger partial charge in [-0.2, -0.15) is 5.10 Å². The first-order valence-corrected chi connectivity index (χ1v) is 7.85. The van der Waals surface area contributed by atoms with E-state index in [2.05, 4.69) is 27.4 Å². The number of hydrogen-bond acceptors (Lipinski definition) is 3. The Kier molecular flexibility index (Phi) is 4.42. The first-order valence-electron chi connectivity index (χ1n) is 7.85. The van der Waals surface area contributed by atoms with E-state index in [9.17, 15) is 4.79 Å². The molecule has 1 saturated heterocycles. The number of benzene rings is 1. The van der Waals surface area contributed by atoms with E-state index in [1.54, 1.807) is 10.9 Å². The van der Waals surface area contributed by atoms with Crippen LogP contribution in [0, 0.1) is 6.92 Å². The molecule has 5 heteroatoms. The van der Waals surface area contributed by atoms with Gasteiger partial charge in [0.05, 0.1) is 6.20 Å². The highest BCUT2D eigenvalue weighted by atomic mass is 16.2. The third kappa shape index (κ3) is 3.67. The van der Waals surface area contributed by atoms with Crippen LogP contribution in [-0.2, 0) is 11.3 Å². The minimum atomic E-state index is -0.0613. The molecule has 0 saturated carbocycles. The van der Waals surface area contributed by atoms with Crippen LogP contribution in [0.3, 0.4) is 0 Å². The second-order valence-electron chi connectivity index (χ2n) is 5.86. The number of aryl methyl sites for hydroxylation is 1. The van der Waals surface area contributed by atoms with Crippen LogP contribution < -0.4 is 10.2 Å². The summed E-state index contributed by atoms with van der Waals surface area (Å²) in [7, 11) is 0. The van der Waals surface area contributed by atoms with Crippen LogP contribution in [0.2, 0.25) is 0 Å². The number of amides is 1. The van der Waals surface area contributed by atoms with Crippen LogP contribution in [0.5, 0.6) is 0 Å². The topological polar surface area (TPSA) is 50.2 Å². The number of hydrogen-bond donors (Lipinski definition) is 1. The maximum absolute atomic E-state index is 12.0. The molecule has 2 heterocycles. The van der Waals surface area contributed by atoms with Gasteiger partial charge in [0, 0.05) is 30.7 Å². The number of nitrogens with one attached hydrogen (secondary N) is 1. The summed E-state index contributed by atoms with van der Waals surface area (Å²) in [6.07, 6.45) is 7.47. The summed E-state index contributed by atoms with van der Waals surface area (Å²) in [6.45, 7) is 4.46. The van der Waals surface area contributed by atoms with E-state index in [1.807, 2.05) is 25.3 Å². The molecule has 1 N–H and O–H groups in total. The number of nitrogens with zero attached hydrogens (tertiary/aromatic N) is 3. The van der Waals surface area contributed by atoms with Gasteiger partial charge in [-0.1, -0.05) is 0 Å². The number of carbonyl (C=O) groups excluding carboxylic acids is 1. The van der Waals surface area contributed by atoms with Gasteiger partial charge in [-0.15, -0.1) is 0 Å². The zero-order valence-electron chi connectivity index (χ0n) is 13.0. The van der Waals surface area contributed by atoms with Crippen molar-refractivity contribution < 1.29 is 4.79 Å². The third-order valence-corrected chi connectivity index (χ3v) is 3.94. The Hall–Kier alpha value is -2.30. The van der Waals surface area contributed by atoms with Gasteiger partial charge >= 0.3 is 0 Å². The lowest BCUT2D eigenvalue weighted by molar-refractivity contribution is -0.116. The van der Waals surface area contributed by atoms with E-state index in [4.69, 9.17) is 0 Å². The molecule has 1 aliphatic rings. The van der Waals surface area contributed by atoms with Crippen molar-refractivity contribution in [3.8, 4) is 0 Å². The quantitative estimate of drug-likeness (QED) is 0.944. The second kappa shape index (κ2) is 6.64. The summed E-state index contributed by atoms with van der Waals surface area (Å²) < 4.78 is 1.65. The SMILES string of the molecule is Cc1cnn(CC(=O)Nc2ccc(N3CCCCC3)cc2)c1. The molecule has 0 radical (unpaired) electrons. The maximum atomic E-state index is 12.0. The van der Waals surface area contributed by atoms with Crippen molar-refractivity contribution >= 4 is 17.3 Å². The Labute approximate surface area is 130 Å². The normalized spacial score (nSPS) is 14.9. The van der Waals surface area contributed by atoms with Crippen molar-refractivity contribution in [3.05, 3.63) is 42.2 Å². The molecule has 0 aliphatic carbocycles. The predicted molar refractivity (Wildman–Crippen MR) is 88.1 cm³/mol. The van der Waals surface area contributed by atoms with E-state index in [0.29, 0.717) is 0 Å². The molecule has 1 amide bonds. The van der Waals surface area contributed by atoms with Crippen LogP contribution >= 0.6 is 0 Å². The molecule has 1 fully saturated rings. The molecule has 2 aromatic rings. The summed E-state index contributed by atoms with van der Waals surface area (Å²) >= 11 is 0. The van der Waals surface area contributed by atoms with Crippen LogP contribution in [0.4, 0.5) is 11.4 Å². The molecule has 0 spiro atoms. The number of piperidine rings is 1. The first kappa shape index (κ1) is 14.6. The van der Waals surface area contributed by atoms with E-state index >= 15 is 0 Å². The fourth-order valence-electron chi connectivity index (χ4n) is 2.81. The van der Waals surface area contributed by atoms with E-state index in [0.717, 1.165) is 24.3 Å². The average Bonchev–Trinajstić information content (AvgIpc) is 2.94. The Balaban J connectivity index is 1.57. The molecule has 116 valence electrons. The lowest BCUT2D eigenvalue weighted by Gasteiger charge is -2.28. The number of rotatable bonds is 4. The standard InChI is InChI=1S/C17H22N4O/c1-14-11-18-21(12-14)13-17(22)19-15-5-7-16(8-6-15)20-9-3-2-4-10-20/h5-8,11-12H,2-4,9-10,13H2,1H3,(H,19,22). The van der Waals surface area contributed by atoms with Gasteiger partial charge in [0.1, 0.15) is 6.54 Å². The van der Waals surface area contributed by atoms with Crippen molar-refractivity contribution in [2.24, 2.45) is 0 Å². The highest BCUT2D eigenvalue weighted by Gasteiger charge is 2.11. The second-order valence-corrected chi connectivity index (χ2v) is 5.86. The minimum absolute atomic E-state index is 0.0613. The molecular formula is C17H22N4O. The maximum Gasteiger partial charge on any atom is 0.246 e. The fraction of sp³-hybridized carbons (Fsp3) is 0.412. The van der Waals surface area contributed by atoms with Gasteiger partial charge in [0.25, 0.3) is 0 Å². The number of anilines is 2. The smallest absolute Gasteiger partial charge is 0.246 e. The van der Waals surface area contributed by atoms with Gasteiger partial charge in [-0.25, -0.2) is 0 Å². The Morgan fingerprint density at radius 3 is 2.55 bits per heavy atom. The van der Waals surface area contributed by atoms with Crippen molar-refractivity contribution in [1.82, 2.24) is 9.78 Å². The summed E-state index contributed by atoms with van der Waals surface area (Å²) in [5, 5.41) is 7.03. The van der Waals surface area contributed by atoms with Crippen LogP contribution in [0.25, 0.3) is 0 Å². The molecule has 1 aromatic heterocycles. The number of aromatic nitrogens is 2. The molecule has 0 bridgehead atoms. The van der Waals surface area contributed by atoms with Gasteiger partial charge in [-0.3, -0.25) is 9.48 Å². The molecule has 0 unspecified atom stereocenters. The summed E-state index contributed by atoms with van der Waals surface area (Å²) in [4.78, 5) is 14.4. The molecular weight excluding hydrogens is 276 g/mol. The predicted octanol–water partition coefficient (Wildman–Crippen LogP) is 2.82. The van der Waals surface area contributed by atoms with Gasteiger partial charge < -0.3 is 10.2 Å². The fourth-order valence-corrected chi connectivity index (χ4v) is 2.81. The third-order valence-electron chi connectivity index (χ3n) is 3.94. The Morgan fingerprint density at radius 1 is 1.18 bits per heavy atom. The lowest BCUT2D eigenvalue weighted by Crippen LogP contribution is -2.29. The minimum Gasteiger partial charge on any atom is -0.372 e. The lowest BCUT2D eigenvalue weighted by atomic mass is 10.1. The largest absolute Gasteiger partial charge is 0.372 e. The van der Waals surface area contributed by atoms with Crippen molar-refractivity contribution in [2.45, 2.75) is 32.7 Å². The average molecular weight is 298 g/mol. The molecule has 3 rings (SSSR count). The monoisotopic (exact) mass is 298 g/mol. The molecule has 1 aromatic carbocycles. The van der Waals surface area contributed by atoms with Gasteiger partial charge in [0.15, 0.2) is 0 Å². The van der Waals surface area contributed by atoms with Gasteiger partial charge in [0.2, 0.25) is 5.91 Å². The van der Waals surface area contributed by atoms with E-state index in [1.165, 1.54) is 24.9 Å². The molecule has 22 heavy (non-hydrogen) atoms. The van der Waals surface area contributed by atoms with Crippen molar-refractivity contribution in [2.75, 3.05) is 23.3 Å². The Bertz CT molecular complexity index is 626. The first-order chi connectivity index (χ1) is 10.7. The van der Waals surface area contributed by atoms with Crippen molar-refractivity contribution in [3.63, 3.8) is 0 Å². The summed E-state index contributed by atoms with van der Waals surface area (Å²) in [5.41, 5.74) is 3.12.